The third kappa shape index (κ3) is 3.03. The third-order valence-electron chi connectivity index (χ3n) is 2.84. The number of benzene rings is 1. The van der Waals surface area contributed by atoms with Gasteiger partial charge in [-0.1, -0.05) is 29.8 Å². The number of nitrogens with one attached hydrogen (secondary N) is 1. The summed E-state index contributed by atoms with van der Waals surface area (Å²) in [6.07, 6.45) is 4.31. The molecule has 0 saturated heterocycles. The van der Waals surface area contributed by atoms with E-state index in [2.05, 4.69) is 31.2 Å². The highest BCUT2D eigenvalue weighted by Gasteiger charge is 2.15. The number of rotatable bonds is 3. The lowest BCUT2D eigenvalue weighted by Gasteiger charge is -2.05. The molecule has 0 aliphatic rings. The van der Waals surface area contributed by atoms with Crippen LogP contribution < -0.4 is 5.32 Å². The second kappa shape index (κ2) is 6.29. The quantitative estimate of drug-likeness (QED) is 0.733. The van der Waals surface area contributed by atoms with E-state index in [4.69, 9.17) is 16.0 Å². The van der Waals surface area contributed by atoms with Crippen LogP contribution in [-0.2, 0) is 0 Å². The molecule has 0 aliphatic carbocycles. The lowest BCUT2D eigenvalue weighted by molar-refractivity contribution is 0.102. The molecule has 2 aromatic heterocycles. The topological polar surface area (TPSA) is 68.0 Å². The van der Waals surface area contributed by atoms with Gasteiger partial charge in [0.25, 0.3) is 5.91 Å². The molecule has 22 heavy (non-hydrogen) atoms. The summed E-state index contributed by atoms with van der Waals surface area (Å²) >= 11 is 9.33. The Kier molecular flexibility index (Phi) is 4.22. The van der Waals surface area contributed by atoms with E-state index in [-0.39, 0.29) is 5.69 Å². The van der Waals surface area contributed by atoms with Crippen LogP contribution >= 0.6 is 27.5 Å². The summed E-state index contributed by atoms with van der Waals surface area (Å²) in [5.74, 6) is -0.0445. The van der Waals surface area contributed by atoms with Crippen molar-refractivity contribution in [3.8, 4) is 11.5 Å². The molecule has 1 amide bonds. The minimum Gasteiger partial charge on any atom is -0.444 e. The van der Waals surface area contributed by atoms with Gasteiger partial charge in [-0.05, 0) is 28.1 Å². The standard InChI is InChI=1S/C15H9BrClN3O2/c16-10-6-18-7-11(13(10)17)19-14(21)12-8-22-15(20-12)9-4-2-1-3-5-9/h1-8H,(H,19,21). The molecule has 110 valence electrons. The third-order valence-corrected chi connectivity index (χ3v) is 4.08. The molecule has 3 aromatic rings. The number of pyridine rings is 1. The van der Waals surface area contributed by atoms with Crippen molar-refractivity contribution in [1.82, 2.24) is 9.97 Å². The molecule has 2 heterocycles. The molecule has 0 spiro atoms. The van der Waals surface area contributed by atoms with Gasteiger partial charge >= 0.3 is 0 Å². The van der Waals surface area contributed by atoms with Crippen molar-refractivity contribution >= 4 is 39.1 Å². The summed E-state index contributed by atoms with van der Waals surface area (Å²) in [6.45, 7) is 0. The lowest BCUT2D eigenvalue weighted by Crippen LogP contribution is -2.13. The van der Waals surface area contributed by atoms with Crippen molar-refractivity contribution in [2.24, 2.45) is 0 Å². The highest BCUT2D eigenvalue weighted by atomic mass is 79.9. The smallest absolute Gasteiger partial charge is 0.277 e. The highest BCUT2D eigenvalue weighted by molar-refractivity contribution is 9.10. The van der Waals surface area contributed by atoms with Crippen molar-refractivity contribution in [1.29, 1.82) is 0 Å². The predicted molar refractivity (Wildman–Crippen MR) is 86.8 cm³/mol. The van der Waals surface area contributed by atoms with Gasteiger partial charge in [0.05, 0.1) is 21.4 Å². The Labute approximate surface area is 139 Å². The molecular weight excluding hydrogens is 370 g/mol. The number of carbonyl (C=O) groups excluding carboxylic acids is 1. The molecular formula is C15H9BrClN3O2. The van der Waals surface area contributed by atoms with Crippen molar-refractivity contribution < 1.29 is 9.21 Å². The molecule has 0 atom stereocenters. The van der Waals surface area contributed by atoms with Gasteiger partial charge in [-0.25, -0.2) is 4.98 Å². The van der Waals surface area contributed by atoms with E-state index in [0.717, 1.165) is 5.56 Å². The van der Waals surface area contributed by atoms with Gasteiger partial charge in [0.1, 0.15) is 6.26 Å². The number of hydrogen-bond acceptors (Lipinski definition) is 4. The summed E-state index contributed by atoms with van der Waals surface area (Å²) in [6, 6.07) is 9.33. The number of halogens is 2. The Morgan fingerprint density at radius 1 is 1.23 bits per heavy atom. The molecule has 0 radical (unpaired) electrons. The molecule has 3 rings (SSSR count). The van der Waals surface area contributed by atoms with Crippen LogP contribution in [-0.4, -0.2) is 15.9 Å². The number of carbonyl (C=O) groups is 1. The molecule has 0 saturated carbocycles. The van der Waals surface area contributed by atoms with Gasteiger partial charge in [-0.3, -0.25) is 9.78 Å². The molecule has 1 N–H and O–H groups in total. The van der Waals surface area contributed by atoms with Crippen LogP contribution in [0.2, 0.25) is 5.02 Å². The molecule has 5 nitrogen and oxygen atoms in total. The zero-order valence-corrected chi connectivity index (χ0v) is 13.4. The first-order chi connectivity index (χ1) is 10.6. The first-order valence-electron chi connectivity index (χ1n) is 6.26. The normalized spacial score (nSPS) is 10.5. The number of aromatic nitrogens is 2. The number of anilines is 1. The number of nitrogens with zero attached hydrogens (tertiary/aromatic N) is 2. The second-order valence-electron chi connectivity index (χ2n) is 4.34. The van der Waals surface area contributed by atoms with Crippen LogP contribution in [0.15, 0.2) is 57.9 Å². The summed E-state index contributed by atoms with van der Waals surface area (Å²) in [5, 5.41) is 3.02. The summed E-state index contributed by atoms with van der Waals surface area (Å²) in [7, 11) is 0. The Bertz CT molecular complexity index is 821. The lowest BCUT2D eigenvalue weighted by atomic mass is 10.2. The predicted octanol–water partition coefficient (Wildman–Crippen LogP) is 4.40. The fourth-order valence-electron chi connectivity index (χ4n) is 1.78. The molecule has 1 aromatic carbocycles. The summed E-state index contributed by atoms with van der Waals surface area (Å²) in [5.41, 5.74) is 1.35. The molecule has 0 fully saturated rings. The van der Waals surface area contributed by atoms with Crippen LogP contribution in [0.3, 0.4) is 0 Å². The van der Waals surface area contributed by atoms with Gasteiger partial charge in [0.15, 0.2) is 5.69 Å². The number of amides is 1. The van der Waals surface area contributed by atoms with Crippen molar-refractivity contribution in [2.45, 2.75) is 0 Å². The van der Waals surface area contributed by atoms with Crippen LogP contribution in [0.1, 0.15) is 10.5 Å². The maximum Gasteiger partial charge on any atom is 0.277 e. The van der Waals surface area contributed by atoms with Gasteiger partial charge in [0, 0.05) is 11.8 Å². The van der Waals surface area contributed by atoms with Gasteiger partial charge in [0.2, 0.25) is 5.89 Å². The average molecular weight is 379 g/mol. The number of oxazole rings is 1. The van der Waals surface area contributed by atoms with E-state index in [1.54, 1.807) is 6.20 Å². The fraction of sp³-hybridized carbons (Fsp3) is 0. The van der Waals surface area contributed by atoms with E-state index in [0.29, 0.717) is 21.1 Å². The maximum absolute atomic E-state index is 12.2. The zero-order valence-electron chi connectivity index (χ0n) is 11.1. The minimum absolute atomic E-state index is 0.162. The van der Waals surface area contributed by atoms with Crippen LogP contribution in [0.5, 0.6) is 0 Å². The Morgan fingerprint density at radius 2 is 2.00 bits per heavy atom. The summed E-state index contributed by atoms with van der Waals surface area (Å²) < 4.78 is 5.93. The SMILES string of the molecule is O=C(Nc1cncc(Br)c1Cl)c1coc(-c2ccccc2)n1. The van der Waals surface area contributed by atoms with E-state index >= 15 is 0 Å². The summed E-state index contributed by atoms with van der Waals surface area (Å²) in [4.78, 5) is 20.3. The Balaban J connectivity index is 1.82. The van der Waals surface area contributed by atoms with Gasteiger partial charge in [-0.2, -0.15) is 0 Å². The molecule has 0 bridgehead atoms. The second-order valence-corrected chi connectivity index (χ2v) is 5.57. The monoisotopic (exact) mass is 377 g/mol. The van der Waals surface area contributed by atoms with Crippen molar-refractivity contribution in [3.05, 3.63) is 64.2 Å². The van der Waals surface area contributed by atoms with Gasteiger partial charge in [-0.15, -0.1) is 0 Å². The van der Waals surface area contributed by atoms with Crippen LogP contribution in [0, 0.1) is 0 Å². The fourth-order valence-corrected chi connectivity index (χ4v) is 2.26. The van der Waals surface area contributed by atoms with E-state index in [9.17, 15) is 4.79 Å². The average Bonchev–Trinajstić information content (AvgIpc) is 3.03. The molecule has 7 heteroatoms. The Morgan fingerprint density at radius 3 is 2.77 bits per heavy atom. The van der Waals surface area contributed by atoms with Crippen molar-refractivity contribution in [3.63, 3.8) is 0 Å². The van der Waals surface area contributed by atoms with E-state index in [1.807, 2.05) is 30.3 Å². The first kappa shape index (κ1) is 14.7. The van der Waals surface area contributed by atoms with Crippen LogP contribution in [0.25, 0.3) is 11.5 Å². The minimum atomic E-state index is -0.423. The largest absolute Gasteiger partial charge is 0.444 e. The molecule has 0 unspecified atom stereocenters. The van der Waals surface area contributed by atoms with Gasteiger partial charge < -0.3 is 9.73 Å². The zero-order chi connectivity index (χ0) is 15.5. The number of hydrogen-bond donors (Lipinski definition) is 1. The molecule has 0 aliphatic heterocycles. The Hall–Kier alpha value is -2.18. The highest BCUT2D eigenvalue weighted by Crippen LogP contribution is 2.29. The van der Waals surface area contributed by atoms with Crippen molar-refractivity contribution in [2.75, 3.05) is 5.32 Å². The first-order valence-corrected chi connectivity index (χ1v) is 7.43. The van der Waals surface area contributed by atoms with E-state index < -0.39 is 5.91 Å². The van der Waals surface area contributed by atoms with E-state index in [1.165, 1.54) is 12.5 Å². The maximum atomic E-state index is 12.2. The van der Waals surface area contributed by atoms with Crippen LogP contribution in [0.4, 0.5) is 5.69 Å².